The predicted octanol–water partition coefficient (Wildman–Crippen LogP) is 4.31. The number of benzene rings is 1. The van der Waals surface area contributed by atoms with Crippen LogP contribution in [0.5, 0.6) is 0 Å². The van der Waals surface area contributed by atoms with Gasteiger partial charge in [0, 0.05) is 10.4 Å². The van der Waals surface area contributed by atoms with Crippen molar-refractivity contribution in [2.45, 2.75) is 32.6 Å². The molecule has 33 heavy (non-hydrogen) atoms. The van der Waals surface area contributed by atoms with E-state index in [2.05, 4.69) is 30.5 Å². The number of nitriles is 1. The number of fused-ring (bicyclic) bond motifs is 6. The molecule has 0 radical (unpaired) electrons. The van der Waals surface area contributed by atoms with Crippen LogP contribution in [-0.2, 0) is 22.4 Å². The number of hydrogen-bond acceptors (Lipinski definition) is 5. The molecule has 2 bridgehead atoms. The lowest BCUT2D eigenvalue weighted by molar-refractivity contribution is -0.123. The minimum Gasteiger partial charge on any atom is -0.312 e. The van der Waals surface area contributed by atoms with Crippen LogP contribution in [0.4, 0.5) is 10.7 Å². The average Bonchev–Trinajstić information content (AvgIpc) is 3.56. The van der Waals surface area contributed by atoms with Crippen LogP contribution >= 0.6 is 11.3 Å². The maximum atomic E-state index is 13.0. The van der Waals surface area contributed by atoms with E-state index in [4.69, 9.17) is 0 Å². The van der Waals surface area contributed by atoms with Crippen molar-refractivity contribution < 1.29 is 14.4 Å². The summed E-state index contributed by atoms with van der Waals surface area (Å²) in [5.74, 6) is -0.173. The molecule has 3 aliphatic carbocycles. The quantitative estimate of drug-likeness (QED) is 0.549. The number of hydrogen-bond donors (Lipinski definition) is 1. The molecule has 5 unspecified atom stereocenters. The number of amides is 3. The van der Waals surface area contributed by atoms with Crippen LogP contribution in [0.15, 0.2) is 36.4 Å². The van der Waals surface area contributed by atoms with Gasteiger partial charge in [-0.3, -0.25) is 19.3 Å². The van der Waals surface area contributed by atoms with Crippen molar-refractivity contribution in [1.29, 1.82) is 5.26 Å². The predicted molar refractivity (Wildman–Crippen MR) is 125 cm³/mol. The molecule has 1 saturated heterocycles. The second-order valence-corrected chi connectivity index (χ2v) is 10.8. The number of imide groups is 1. The van der Waals surface area contributed by atoms with Crippen molar-refractivity contribution in [2.24, 2.45) is 29.6 Å². The van der Waals surface area contributed by atoms with E-state index in [0.717, 1.165) is 31.2 Å². The molecule has 7 heteroatoms. The van der Waals surface area contributed by atoms with E-state index in [1.165, 1.54) is 21.1 Å². The average molecular weight is 458 g/mol. The molecule has 0 spiro atoms. The number of nitrogens with one attached hydrogen (secondary N) is 1. The molecule has 2 heterocycles. The van der Waals surface area contributed by atoms with E-state index in [1.54, 1.807) is 24.3 Å². The van der Waals surface area contributed by atoms with Crippen molar-refractivity contribution in [3.63, 3.8) is 0 Å². The largest absolute Gasteiger partial charge is 0.312 e. The first-order valence-electron chi connectivity index (χ1n) is 11.5. The summed E-state index contributed by atoms with van der Waals surface area (Å²) in [4.78, 5) is 41.4. The summed E-state index contributed by atoms with van der Waals surface area (Å²) in [6.45, 7) is 2.19. The second-order valence-electron chi connectivity index (χ2n) is 9.68. The van der Waals surface area contributed by atoms with Gasteiger partial charge < -0.3 is 5.32 Å². The summed E-state index contributed by atoms with van der Waals surface area (Å²) >= 11 is 1.49. The molecule has 4 aliphatic rings. The van der Waals surface area contributed by atoms with E-state index in [-0.39, 0.29) is 41.4 Å². The molecular formula is C26H23N3O3S. The van der Waals surface area contributed by atoms with Crippen LogP contribution < -0.4 is 10.2 Å². The lowest BCUT2D eigenvalue weighted by Gasteiger charge is -2.17. The Hall–Kier alpha value is -3.24. The summed E-state index contributed by atoms with van der Waals surface area (Å²) in [7, 11) is 0. The maximum Gasteiger partial charge on any atom is 0.256 e. The van der Waals surface area contributed by atoms with E-state index >= 15 is 0 Å². The van der Waals surface area contributed by atoms with Gasteiger partial charge in [-0.1, -0.05) is 19.1 Å². The highest BCUT2D eigenvalue weighted by molar-refractivity contribution is 7.16. The Kier molecular flexibility index (Phi) is 4.56. The Morgan fingerprint density at radius 3 is 2.42 bits per heavy atom. The Bertz CT molecular complexity index is 1240. The van der Waals surface area contributed by atoms with Gasteiger partial charge in [-0.15, -0.1) is 11.3 Å². The van der Waals surface area contributed by atoms with Crippen molar-refractivity contribution in [2.75, 3.05) is 10.2 Å². The van der Waals surface area contributed by atoms with Crippen LogP contribution in [0, 0.1) is 40.9 Å². The van der Waals surface area contributed by atoms with Crippen LogP contribution in [0.1, 0.15) is 46.1 Å². The Morgan fingerprint density at radius 2 is 1.79 bits per heavy atom. The number of allylic oxidation sites excluding steroid dienone is 2. The lowest BCUT2D eigenvalue weighted by atomic mass is 9.85. The first kappa shape index (κ1) is 20.4. The van der Waals surface area contributed by atoms with Gasteiger partial charge in [-0.2, -0.15) is 5.26 Å². The third kappa shape index (κ3) is 3.01. The Labute approximate surface area is 195 Å². The molecule has 3 amide bonds. The zero-order valence-corrected chi connectivity index (χ0v) is 19.0. The molecule has 2 aromatic rings. The normalized spacial score (nSPS) is 29.2. The third-order valence-corrected chi connectivity index (χ3v) is 8.91. The fourth-order valence-electron chi connectivity index (χ4n) is 6.06. The number of anilines is 2. The van der Waals surface area contributed by atoms with Crippen LogP contribution in [0.3, 0.4) is 0 Å². The van der Waals surface area contributed by atoms with Gasteiger partial charge in [0.1, 0.15) is 11.1 Å². The molecule has 2 fully saturated rings. The molecule has 6 rings (SSSR count). The minimum absolute atomic E-state index is 0.129. The van der Waals surface area contributed by atoms with Gasteiger partial charge in [0.05, 0.1) is 23.1 Å². The number of carbonyl (C=O) groups excluding carboxylic acids is 3. The van der Waals surface area contributed by atoms with E-state index < -0.39 is 0 Å². The van der Waals surface area contributed by atoms with E-state index in [1.807, 2.05) is 0 Å². The van der Waals surface area contributed by atoms with Gasteiger partial charge >= 0.3 is 0 Å². The standard InChI is InChI=1S/C26H23N3O3S/c1-13-2-9-20-18(10-13)19(12-27)24(33-20)28-23(30)14-5-7-17(8-6-14)29-25(31)21-15-3-4-16(11-15)22(21)26(29)32/h3-8,13,15-16,21-22H,2,9-11H2,1H3,(H,28,30). The fourth-order valence-corrected chi connectivity index (χ4v) is 7.25. The SMILES string of the molecule is CC1CCc2sc(NC(=O)c3ccc(N4C(=O)C5C6C=CC(C6)C5C4=O)cc3)c(C#N)c2C1. The maximum absolute atomic E-state index is 13.0. The van der Waals surface area contributed by atoms with Crippen molar-refractivity contribution in [3.05, 3.63) is 58.0 Å². The zero-order chi connectivity index (χ0) is 22.9. The van der Waals surface area contributed by atoms with Crippen molar-refractivity contribution in [1.82, 2.24) is 0 Å². The second kappa shape index (κ2) is 7.39. The molecule has 166 valence electrons. The highest BCUT2D eigenvalue weighted by atomic mass is 32.1. The lowest BCUT2D eigenvalue weighted by Crippen LogP contribution is -2.32. The Morgan fingerprint density at radius 1 is 1.12 bits per heavy atom. The van der Waals surface area contributed by atoms with Gasteiger partial charge in [0.25, 0.3) is 5.91 Å². The van der Waals surface area contributed by atoms with Crippen molar-refractivity contribution >= 4 is 39.7 Å². The first-order valence-corrected chi connectivity index (χ1v) is 12.3. The van der Waals surface area contributed by atoms with Crippen LogP contribution in [-0.4, -0.2) is 17.7 Å². The Balaban J connectivity index is 1.21. The van der Waals surface area contributed by atoms with Crippen molar-refractivity contribution in [3.8, 4) is 6.07 Å². The molecule has 1 aromatic carbocycles. The number of rotatable bonds is 3. The minimum atomic E-state index is -0.303. The first-order chi connectivity index (χ1) is 16.0. The number of thiophene rings is 1. The third-order valence-electron chi connectivity index (χ3n) is 7.70. The topological polar surface area (TPSA) is 90.3 Å². The smallest absolute Gasteiger partial charge is 0.256 e. The monoisotopic (exact) mass is 457 g/mol. The molecule has 1 aliphatic heterocycles. The van der Waals surface area contributed by atoms with Crippen LogP contribution in [0.2, 0.25) is 0 Å². The van der Waals surface area contributed by atoms with Gasteiger partial charge in [0.2, 0.25) is 11.8 Å². The molecule has 1 saturated carbocycles. The highest BCUT2D eigenvalue weighted by Crippen LogP contribution is 2.53. The molecular weight excluding hydrogens is 434 g/mol. The van der Waals surface area contributed by atoms with Gasteiger partial charge in [-0.05, 0) is 73.3 Å². The summed E-state index contributed by atoms with van der Waals surface area (Å²) < 4.78 is 0. The number of aryl methyl sites for hydroxylation is 1. The molecule has 6 nitrogen and oxygen atoms in total. The summed E-state index contributed by atoms with van der Waals surface area (Å²) in [5.41, 5.74) is 2.58. The number of carbonyl (C=O) groups is 3. The number of nitrogens with zero attached hydrogens (tertiary/aromatic N) is 2. The highest BCUT2D eigenvalue weighted by Gasteiger charge is 2.59. The van der Waals surface area contributed by atoms with E-state index in [0.29, 0.717) is 27.7 Å². The van der Waals surface area contributed by atoms with Gasteiger partial charge in [0.15, 0.2) is 0 Å². The summed E-state index contributed by atoms with van der Waals surface area (Å²) in [6, 6.07) is 8.86. The summed E-state index contributed by atoms with van der Waals surface area (Å²) in [6.07, 6.45) is 7.96. The molecule has 1 N–H and O–H groups in total. The molecule has 1 aromatic heterocycles. The summed E-state index contributed by atoms with van der Waals surface area (Å²) in [5, 5.41) is 13.2. The van der Waals surface area contributed by atoms with E-state index in [9.17, 15) is 19.6 Å². The van der Waals surface area contributed by atoms with Crippen LogP contribution in [0.25, 0.3) is 0 Å². The zero-order valence-electron chi connectivity index (χ0n) is 18.2. The van der Waals surface area contributed by atoms with Gasteiger partial charge in [-0.25, -0.2) is 0 Å². The molecule has 5 atom stereocenters. The fraction of sp³-hybridized carbons (Fsp3) is 0.385.